The highest BCUT2D eigenvalue weighted by Crippen LogP contribution is 2.08. The van der Waals surface area contributed by atoms with E-state index in [2.05, 4.69) is 0 Å². The van der Waals surface area contributed by atoms with Gasteiger partial charge in [-0.15, -0.1) is 0 Å². The zero-order valence-electron chi connectivity index (χ0n) is 11.1. The van der Waals surface area contributed by atoms with Crippen molar-refractivity contribution in [3.63, 3.8) is 0 Å². The number of aliphatic carboxylic acids is 1. The molecule has 102 valence electrons. The number of carboxylic acids is 1. The first-order chi connectivity index (χ1) is 9.58. The fraction of sp³-hybridized carbons (Fsp3) is 0.125. The van der Waals surface area contributed by atoms with Crippen LogP contribution in [0.1, 0.15) is 16.7 Å². The van der Waals surface area contributed by atoms with E-state index in [0.29, 0.717) is 12.1 Å². The number of nitrogens with zero attached hydrogens (tertiary/aromatic N) is 1. The first kappa shape index (κ1) is 13.8. The van der Waals surface area contributed by atoms with Crippen molar-refractivity contribution >= 4 is 12.0 Å². The van der Waals surface area contributed by atoms with Gasteiger partial charge in [0.05, 0.1) is 6.54 Å². The lowest BCUT2D eigenvalue weighted by Crippen LogP contribution is -2.22. The van der Waals surface area contributed by atoms with Crippen LogP contribution in [0.3, 0.4) is 0 Å². The van der Waals surface area contributed by atoms with Crippen molar-refractivity contribution in [3.05, 3.63) is 75.7 Å². The van der Waals surface area contributed by atoms with Crippen LogP contribution in [0.15, 0.2) is 53.5 Å². The van der Waals surface area contributed by atoms with Crippen molar-refractivity contribution in [1.29, 1.82) is 0 Å². The minimum absolute atomic E-state index is 0.201. The topological polar surface area (TPSA) is 59.3 Å². The number of benzene rings is 1. The molecule has 0 radical (unpaired) electrons. The van der Waals surface area contributed by atoms with Crippen LogP contribution in [-0.4, -0.2) is 15.6 Å². The molecule has 0 saturated carbocycles. The molecule has 0 saturated heterocycles. The summed E-state index contributed by atoms with van der Waals surface area (Å²) in [7, 11) is 0. The monoisotopic (exact) mass is 269 g/mol. The number of aromatic nitrogens is 1. The van der Waals surface area contributed by atoms with Gasteiger partial charge in [0, 0.05) is 17.8 Å². The zero-order chi connectivity index (χ0) is 14.5. The summed E-state index contributed by atoms with van der Waals surface area (Å²) in [6.07, 6.45) is 3.99. The average molecular weight is 269 g/mol. The first-order valence-electron chi connectivity index (χ1n) is 6.23. The molecule has 0 bridgehead atoms. The number of carboxylic acid groups (broad SMARTS) is 1. The minimum atomic E-state index is -1.07. The van der Waals surface area contributed by atoms with Gasteiger partial charge >= 0.3 is 5.97 Å². The molecule has 0 aliphatic heterocycles. The Bertz CT molecular complexity index is 714. The van der Waals surface area contributed by atoms with Crippen molar-refractivity contribution in [2.45, 2.75) is 13.5 Å². The summed E-state index contributed by atoms with van der Waals surface area (Å²) in [5, 5.41) is 8.61. The second-order valence-corrected chi connectivity index (χ2v) is 4.49. The van der Waals surface area contributed by atoms with E-state index in [4.69, 9.17) is 5.11 Å². The Hall–Kier alpha value is -2.62. The fourth-order valence-corrected chi connectivity index (χ4v) is 1.94. The van der Waals surface area contributed by atoms with E-state index in [1.807, 2.05) is 31.2 Å². The summed E-state index contributed by atoms with van der Waals surface area (Å²) in [6.45, 7) is 2.47. The summed E-state index contributed by atoms with van der Waals surface area (Å²) in [5.74, 6) is -1.07. The molecule has 0 unspecified atom stereocenters. The van der Waals surface area contributed by atoms with Crippen molar-refractivity contribution in [3.8, 4) is 0 Å². The van der Waals surface area contributed by atoms with Crippen LogP contribution in [0.25, 0.3) is 6.08 Å². The highest BCUT2D eigenvalue weighted by molar-refractivity contribution is 5.85. The molecule has 0 aliphatic carbocycles. The lowest BCUT2D eigenvalue weighted by molar-refractivity contribution is -0.131. The number of carbonyl (C=O) groups is 1. The van der Waals surface area contributed by atoms with Gasteiger partial charge in [0.1, 0.15) is 0 Å². The Morgan fingerprint density at radius 3 is 2.70 bits per heavy atom. The smallest absolute Gasteiger partial charge is 0.328 e. The molecule has 0 fully saturated rings. The molecule has 0 aliphatic rings. The molecule has 1 heterocycles. The van der Waals surface area contributed by atoms with Crippen LogP contribution in [0.4, 0.5) is 0 Å². The summed E-state index contributed by atoms with van der Waals surface area (Å²) in [6, 6.07) is 11.2. The second-order valence-electron chi connectivity index (χ2n) is 4.49. The summed E-state index contributed by atoms with van der Waals surface area (Å²) < 4.78 is 1.57. The van der Waals surface area contributed by atoms with Gasteiger partial charge in [-0.2, -0.15) is 0 Å². The normalized spacial score (nSPS) is 10.8. The Morgan fingerprint density at radius 1 is 1.25 bits per heavy atom. The maximum absolute atomic E-state index is 12.2. The fourth-order valence-electron chi connectivity index (χ4n) is 1.94. The SMILES string of the molecule is Cc1ccccc1Cn1cccc(/C=C/C(=O)O)c1=O. The molecule has 1 N–H and O–H groups in total. The predicted octanol–water partition coefficient (Wildman–Crippen LogP) is 2.30. The standard InChI is InChI=1S/C16H15NO3/c1-12-5-2-3-6-14(12)11-17-10-4-7-13(16(17)20)8-9-15(18)19/h2-10H,11H2,1H3,(H,18,19)/b9-8+. The number of aryl methyl sites for hydroxylation is 1. The largest absolute Gasteiger partial charge is 0.478 e. The summed E-state index contributed by atoms with van der Waals surface area (Å²) >= 11 is 0. The van der Waals surface area contributed by atoms with Crippen LogP contribution >= 0.6 is 0 Å². The van der Waals surface area contributed by atoms with Crippen LogP contribution in [0, 0.1) is 6.92 Å². The molecule has 20 heavy (non-hydrogen) atoms. The van der Waals surface area contributed by atoms with Gasteiger partial charge in [-0.05, 0) is 36.3 Å². The van der Waals surface area contributed by atoms with Gasteiger partial charge in [0.15, 0.2) is 0 Å². The van der Waals surface area contributed by atoms with Gasteiger partial charge < -0.3 is 9.67 Å². The number of hydrogen-bond donors (Lipinski definition) is 1. The van der Waals surface area contributed by atoms with Gasteiger partial charge in [-0.25, -0.2) is 4.79 Å². The third-order valence-corrected chi connectivity index (χ3v) is 3.06. The van der Waals surface area contributed by atoms with Gasteiger partial charge in [0.25, 0.3) is 5.56 Å². The highest BCUT2D eigenvalue weighted by atomic mass is 16.4. The third kappa shape index (κ3) is 3.23. The van der Waals surface area contributed by atoms with Crippen molar-refractivity contribution in [2.24, 2.45) is 0 Å². The van der Waals surface area contributed by atoms with Crippen LogP contribution in [0.5, 0.6) is 0 Å². The molecule has 1 aromatic heterocycles. The van der Waals surface area contributed by atoms with E-state index in [9.17, 15) is 9.59 Å². The van der Waals surface area contributed by atoms with E-state index in [1.54, 1.807) is 22.9 Å². The quantitative estimate of drug-likeness (QED) is 0.866. The van der Waals surface area contributed by atoms with Crippen LogP contribution < -0.4 is 5.56 Å². The molecule has 1 aromatic carbocycles. The Balaban J connectivity index is 2.35. The number of hydrogen-bond acceptors (Lipinski definition) is 2. The van der Waals surface area contributed by atoms with Gasteiger partial charge in [-0.1, -0.05) is 24.3 Å². The van der Waals surface area contributed by atoms with E-state index in [-0.39, 0.29) is 5.56 Å². The van der Waals surface area contributed by atoms with Gasteiger partial charge in [-0.3, -0.25) is 4.79 Å². The lowest BCUT2D eigenvalue weighted by Gasteiger charge is -2.09. The molecule has 4 nitrogen and oxygen atoms in total. The molecule has 0 atom stereocenters. The molecule has 4 heteroatoms. The minimum Gasteiger partial charge on any atom is -0.478 e. The van der Waals surface area contributed by atoms with Crippen molar-refractivity contribution in [1.82, 2.24) is 4.57 Å². The van der Waals surface area contributed by atoms with Crippen LogP contribution in [0.2, 0.25) is 0 Å². The van der Waals surface area contributed by atoms with E-state index >= 15 is 0 Å². The van der Waals surface area contributed by atoms with Gasteiger partial charge in [0.2, 0.25) is 0 Å². The van der Waals surface area contributed by atoms with E-state index in [1.165, 1.54) is 6.08 Å². The van der Waals surface area contributed by atoms with Crippen molar-refractivity contribution in [2.75, 3.05) is 0 Å². The van der Waals surface area contributed by atoms with Crippen molar-refractivity contribution < 1.29 is 9.90 Å². The predicted molar refractivity (Wildman–Crippen MR) is 77.7 cm³/mol. The molecule has 2 aromatic rings. The van der Waals surface area contributed by atoms with Crippen LogP contribution in [-0.2, 0) is 11.3 Å². The molecular weight excluding hydrogens is 254 g/mol. The van der Waals surface area contributed by atoms with E-state index < -0.39 is 5.97 Å². The maximum Gasteiger partial charge on any atom is 0.328 e. The average Bonchev–Trinajstić information content (AvgIpc) is 2.42. The van der Waals surface area contributed by atoms with E-state index in [0.717, 1.165) is 17.2 Å². The number of pyridine rings is 1. The molecular formula is C16H15NO3. The Kier molecular flexibility index (Phi) is 4.15. The Labute approximate surface area is 116 Å². The number of rotatable bonds is 4. The summed E-state index contributed by atoms with van der Waals surface area (Å²) in [4.78, 5) is 22.7. The molecule has 2 rings (SSSR count). The maximum atomic E-state index is 12.2. The molecule has 0 spiro atoms. The second kappa shape index (κ2) is 6.02. The Morgan fingerprint density at radius 2 is 2.00 bits per heavy atom. The third-order valence-electron chi connectivity index (χ3n) is 3.06. The highest BCUT2D eigenvalue weighted by Gasteiger charge is 2.03. The summed E-state index contributed by atoms with van der Waals surface area (Å²) in [5.41, 5.74) is 2.34. The molecule has 0 amide bonds. The lowest BCUT2D eigenvalue weighted by atomic mass is 10.1. The zero-order valence-corrected chi connectivity index (χ0v) is 11.1. The first-order valence-corrected chi connectivity index (χ1v) is 6.23.